The van der Waals surface area contributed by atoms with Gasteiger partial charge >= 0.3 is 15.4 Å². The lowest BCUT2D eigenvalue weighted by Gasteiger charge is -2.36. The Morgan fingerprint density at radius 3 is 2.19 bits per heavy atom. The molecule has 0 fully saturated rings. The maximum absolute atomic E-state index is 13.0. The maximum atomic E-state index is 13.0. The number of carbonyl (C=O) groups excluding carboxylic acids is 1. The Balaban J connectivity index is 3.20. The van der Waals surface area contributed by atoms with Crippen LogP contribution in [0, 0.1) is 0 Å². The van der Waals surface area contributed by atoms with Crippen LogP contribution in [0.2, 0.25) is 0 Å². The van der Waals surface area contributed by atoms with Crippen LogP contribution in [-0.4, -0.2) is 54.0 Å². The molecule has 4 atom stereocenters. The van der Waals surface area contributed by atoms with Gasteiger partial charge in [0.25, 0.3) is 0 Å². The number of rotatable bonds is 10. The zero-order chi connectivity index (χ0) is 20.0. The predicted octanol–water partition coefficient (Wildman–Crippen LogP) is 1.93. The van der Waals surface area contributed by atoms with Crippen LogP contribution in [-0.2, 0) is 32.0 Å². The van der Waals surface area contributed by atoms with Gasteiger partial charge in [-0.25, -0.2) is 4.57 Å². The molecular formula is C14H27NO9P2. The van der Waals surface area contributed by atoms with Crippen molar-refractivity contribution in [3.05, 3.63) is 11.4 Å². The average Bonchev–Trinajstić information content (AvgIpc) is 2.50. The SMILES string of the molecule is CCOP(=O)(O)O[C@H]1CC(P(=O)(OCC)OCC)=C[C@@H](O)[C@@H]1NC(C)=O. The summed E-state index contributed by atoms with van der Waals surface area (Å²) in [5.74, 6) is -0.471. The molecule has 1 amide bonds. The van der Waals surface area contributed by atoms with Crippen molar-refractivity contribution in [2.45, 2.75) is 52.4 Å². The third-order valence-electron chi connectivity index (χ3n) is 3.42. The second-order valence-electron chi connectivity index (χ2n) is 5.44. The van der Waals surface area contributed by atoms with Gasteiger partial charge in [-0.2, -0.15) is 0 Å². The molecule has 0 saturated heterocycles. The second-order valence-corrected chi connectivity index (χ2v) is 8.93. The van der Waals surface area contributed by atoms with E-state index in [4.69, 9.17) is 13.6 Å². The van der Waals surface area contributed by atoms with Crippen LogP contribution in [0.5, 0.6) is 0 Å². The molecule has 0 spiro atoms. The zero-order valence-electron chi connectivity index (χ0n) is 15.3. The summed E-state index contributed by atoms with van der Waals surface area (Å²) in [6.07, 6.45) is -1.40. The Kier molecular flexibility index (Phi) is 9.12. The van der Waals surface area contributed by atoms with E-state index in [-0.39, 0.29) is 31.6 Å². The molecule has 26 heavy (non-hydrogen) atoms. The normalized spacial score (nSPS) is 26.1. The standard InChI is InChI=1S/C14H27NO9P2/c1-5-21-25(18,22-6-2)11-8-12(17)14(15-10(4)16)13(9-11)24-26(19,20)23-7-3/h8,12-14,17H,5-7,9H2,1-4H3,(H,15,16)(H,19,20)/t12-,13+,14+/m1/s1. The Hall–Kier alpha value is -0.570. The first-order valence-corrected chi connectivity index (χ1v) is 11.3. The Morgan fingerprint density at radius 1 is 1.19 bits per heavy atom. The highest BCUT2D eigenvalue weighted by Crippen LogP contribution is 2.60. The van der Waals surface area contributed by atoms with E-state index in [0.29, 0.717) is 0 Å². The number of hydrogen-bond acceptors (Lipinski definition) is 8. The van der Waals surface area contributed by atoms with E-state index in [9.17, 15) is 23.9 Å². The van der Waals surface area contributed by atoms with Crippen LogP contribution < -0.4 is 5.32 Å². The lowest BCUT2D eigenvalue weighted by Crippen LogP contribution is -2.52. The van der Waals surface area contributed by atoms with Gasteiger partial charge in [0.05, 0.1) is 38.1 Å². The second kappa shape index (κ2) is 10.1. The first kappa shape index (κ1) is 23.5. The summed E-state index contributed by atoms with van der Waals surface area (Å²) in [7, 11) is -8.15. The third kappa shape index (κ3) is 6.55. The van der Waals surface area contributed by atoms with Gasteiger partial charge in [-0.05, 0) is 26.8 Å². The topological polar surface area (TPSA) is 141 Å². The highest BCUT2D eigenvalue weighted by atomic mass is 31.2. The lowest BCUT2D eigenvalue weighted by molar-refractivity contribution is -0.121. The van der Waals surface area contributed by atoms with Crippen molar-refractivity contribution in [3.8, 4) is 0 Å². The molecule has 0 radical (unpaired) electrons. The van der Waals surface area contributed by atoms with Crippen molar-refractivity contribution in [3.63, 3.8) is 0 Å². The lowest BCUT2D eigenvalue weighted by atomic mass is 9.95. The number of phosphoric ester groups is 1. The van der Waals surface area contributed by atoms with Gasteiger partial charge < -0.3 is 24.4 Å². The van der Waals surface area contributed by atoms with Gasteiger partial charge in [0, 0.05) is 18.7 Å². The predicted molar refractivity (Wildman–Crippen MR) is 93.5 cm³/mol. The largest absolute Gasteiger partial charge is 0.472 e. The number of aliphatic hydroxyl groups is 1. The molecule has 1 unspecified atom stereocenters. The van der Waals surface area contributed by atoms with Gasteiger partial charge in [0.1, 0.15) is 0 Å². The van der Waals surface area contributed by atoms with Crippen molar-refractivity contribution in [1.82, 2.24) is 5.32 Å². The highest BCUT2D eigenvalue weighted by molar-refractivity contribution is 7.58. The summed E-state index contributed by atoms with van der Waals surface area (Å²) in [5.41, 5.74) is 0. The number of aliphatic hydroxyl groups excluding tert-OH is 1. The molecule has 0 aromatic carbocycles. The molecule has 3 N–H and O–H groups in total. The van der Waals surface area contributed by atoms with Crippen molar-refractivity contribution in [2.24, 2.45) is 0 Å². The number of phosphoric acid groups is 1. The van der Waals surface area contributed by atoms with Crippen molar-refractivity contribution >= 4 is 21.3 Å². The van der Waals surface area contributed by atoms with E-state index in [0.717, 1.165) is 0 Å². The van der Waals surface area contributed by atoms with Crippen LogP contribution in [0.4, 0.5) is 0 Å². The molecule has 1 aliphatic carbocycles. The van der Waals surface area contributed by atoms with Crippen molar-refractivity contribution in [1.29, 1.82) is 0 Å². The molecule has 12 heteroatoms. The average molecular weight is 415 g/mol. The number of hydrogen-bond donors (Lipinski definition) is 3. The Bertz CT molecular complexity index is 599. The quantitative estimate of drug-likeness (QED) is 0.456. The molecule has 0 aromatic heterocycles. The summed E-state index contributed by atoms with van der Waals surface area (Å²) >= 11 is 0. The molecule has 152 valence electrons. The van der Waals surface area contributed by atoms with E-state index in [1.165, 1.54) is 19.9 Å². The van der Waals surface area contributed by atoms with Gasteiger partial charge in [-0.15, -0.1) is 0 Å². The van der Waals surface area contributed by atoms with Crippen LogP contribution in [0.1, 0.15) is 34.1 Å². The molecule has 0 heterocycles. The molecule has 0 saturated carbocycles. The van der Waals surface area contributed by atoms with Gasteiger partial charge in [0.15, 0.2) is 0 Å². The molecule has 1 rings (SSSR count). The van der Waals surface area contributed by atoms with E-state index in [1.807, 2.05) is 0 Å². The van der Waals surface area contributed by atoms with Crippen LogP contribution in [0.3, 0.4) is 0 Å². The highest BCUT2D eigenvalue weighted by Gasteiger charge is 2.43. The smallest absolute Gasteiger partial charge is 0.387 e. The molecule has 10 nitrogen and oxygen atoms in total. The molecule has 1 aliphatic rings. The summed E-state index contributed by atoms with van der Waals surface area (Å²) in [4.78, 5) is 21.2. The summed E-state index contributed by atoms with van der Waals surface area (Å²) in [6.45, 7) is 6.14. The fourth-order valence-corrected chi connectivity index (χ4v) is 5.31. The minimum atomic E-state index is -4.44. The summed E-state index contributed by atoms with van der Waals surface area (Å²) < 4.78 is 45.2. The van der Waals surface area contributed by atoms with E-state index in [2.05, 4.69) is 9.84 Å². The number of amides is 1. The van der Waals surface area contributed by atoms with Gasteiger partial charge in [0.2, 0.25) is 5.91 Å². The molecule has 0 bridgehead atoms. The fraction of sp³-hybridized carbons (Fsp3) is 0.786. The van der Waals surface area contributed by atoms with Crippen LogP contribution >= 0.6 is 15.4 Å². The minimum absolute atomic E-state index is 0.0765. The van der Waals surface area contributed by atoms with Crippen LogP contribution in [0.15, 0.2) is 11.4 Å². The first-order valence-electron chi connectivity index (χ1n) is 8.29. The minimum Gasteiger partial charge on any atom is -0.387 e. The maximum Gasteiger partial charge on any atom is 0.472 e. The molecular weight excluding hydrogens is 388 g/mol. The van der Waals surface area contributed by atoms with Crippen molar-refractivity contribution < 1.29 is 42.0 Å². The molecule has 0 aromatic rings. The third-order valence-corrected chi connectivity index (χ3v) is 6.78. The molecule has 0 aliphatic heterocycles. The summed E-state index contributed by atoms with van der Waals surface area (Å²) in [6, 6.07) is -1.03. The van der Waals surface area contributed by atoms with Crippen molar-refractivity contribution in [2.75, 3.05) is 19.8 Å². The van der Waals surface area contributed by atoms with Gasteiger partial charge in [-0.3, -0.25) is 18.4 Å². The first-order chi connectivity index (χ1) is 12.1. The number of nitrogens with one attached hydrogen (secondary N) is 1. The Labute approximate surface area is 153 Å². The van der Waals surface area contributed by atoms with E-state index < -0.39 is 39.6 Å². The zero-order valence-corrected chi connectivity index (χ0v) is 17.1. The van der Waals surface area contributed by atoms with E-state index in [1.54, 1.807) is 13.8 Å². The fourth-order valence-electron chi connectivity index (χ4n) is 2.55. The monoisotopic (exact) mass is 415 g/mol. The number of carbonyl (C=O) groups is 1. The van der Waals surface area contributed by atoms with Crippen LogP contribution in [0.25, 0.3) is 0 Å². The Morgan fingerprint density at radius 2 is 1.73 bits per heavy atom. The summed E-state index contributed by atoms with van der Waals surface area (Å²) in [5, 5.41) is 12.9. The van der Waals surface area contributed by atoms with Gasteiger partial charge in [-0.1, -0.05) is 0 Å². The van der Waals surface area contributed by atoms with E-state index >= 15 is 0 Å².